The number of amides is 3. The molecule has 276 valence electrons. The molecule has 1 atom stereocenters. The van der Waals surface area contributed by atoms with Gasteiger partial charge in [0.2, 0.25) is 11.8 Å². The number of imide groups is 1. The van der Waals surface area contributed by atoms with E-state index < -0.39 is 11.9 Å². The molecule has 14 heteroatoms. The number of aromatic nitrogens is 5. The van der Waals surface area contributed by atoms with Crippen molar-refractivity contribution in [2.45, 2.75) is 37.1 Å². The van der Waals surface area contributed by atoms with Crippen molar-refractivity contribution in [3.05, 3.63) is 82.7 Å². The smallest absolute Gasteiger partial charge is 0.329 e. The molecule has 3 aromatic heterocycles. The molecule has 14 nitrogen and oxygen atoms in total. The fourth-order valence-electron chi connectivity index (χ4n) is 8.93. The SMILES string of the molecule is Cn1c(=O)n(C2CCC(=O)NC2=O)c2ccc(N3CC(CN4CCN(c5ccc(-c6cc(-c7cc8c([nH]7)C7(CC7)CNC8=O)ncn6)cc5)CC4)C3)cc21. The molecule has 7 heterocycles. The summed E-state index contributed by atoms with van der Waals surface area (Å²) in [4.78, 5) is 69.9. The molecule has 5 aromatic rings. The van der Waals surface area contributed by atoms with E-state index in [1.807, 2.05) is 30.3 Å². The lowest BCUT2D eigenvalue weighted by molar-refractivity contribution is -0.135. The number of hydrogen-bond donors (Lipinski definition) is 3. The Balaban J connectivity index is 0.739. The van der Waals surface area contributed by atoms with Crippen LogP contribution in [0.25, 0.3) is 33.7 Å². The molecule has 1 spiro atoms. The monoisotopic (exact) mass is 726 g/mol. The van der Waals surface area contributed by atoms with Gasteiger partial charge in [-0.3, -0.25) is 33.7 Å². The molecule has 10 rings (SSSR count). The van der Waals surface area contributed by atoms with Gasteiger partial charge in [-0.15, -0.1) is 0 Å². The molecular weight excluding hydrogens is 685 g/mol. The van der Waals surface area contributed by atoms with Crippen molar-refractivity contribution < 1.29 is 14.4 Å². The molecule has 3 N–H and O–H groups in total. The molecule has 0 radical (unpaired) electrons. The maximum absolute atomic E-state index is 13.2. The number of piperidine rings is 1. The standard InChI is InChI=1S/C40H42N10O4/c1-46-34-16-27(6-7-32(34)50(39(46)54)33-8-9-35(51)45-38(33)53)49-20-24(21-49)19-47-12-14-48(15-13-47)26-4-2-25(3-5-26)29-18-30(43-23-42-29)31-17-28-36(44-31)40(10-11-40)22-41-37(28)52/h2-7,16-18,23-24,33,44H,8-15,19-22H2,1H3,(H,41,52)(H,45,51,53). The molecule has 1 aliphatic carbocycles. The summed E-state index contributed by atoms with van der Waals surface area (Å²) in [5, 5.41) is 5.42. The van der Waals surface area contributed by atoms with Crippen molar-refractivity contribution in [2.75, 3.05) is 62.2 Å². The van der Waals surface area contributed by atoms with Crippen LogP contribution in [0.15, 0.2) is 65.7 Å². The molecular formula is C40H42N10O4. The van der Waals surface area contributed by atoms with Crippen LogP contribution in [0.1, 0.15) is 47.8 Å². The Labute approximate surface area is 311 Å². The second-order valence-corrected chi connectivity index (χ2v) is 15.7. The van der Waals surface area contributed by atoms with Crippen LogP contribution < -0.4 is 26.1 Å². The molecule has 4 fully saturated rings. The summed E-state index contributed by atoms with van der Waals surface area (Å²) in [7, 11) is 1.74. The van der Waals surface area contributed by atoms with Crippen LogP contribution in [-0.2, 0) is 22.1 Å². The third kappa shape index (κ3) is 5.49. The summed E-state index contributed by atoms with van der Waals surface area (Å²) in [5.74, 6) is -0.157. The summed E-state index contributed by atoms with van der Waals surface area (Å²) >= 11 is 0. The van der Waals surface area contributed by atoms with Crippen molar-refractivity contribution in [3.63, 3.8) is 0 Å². The molecule has 3 saturated heterocycles. The minimum atomic E-state index is -0.680. The molecule has 1 unspecified atom stereocenters. The first-order valence-corrected chi connectivity index (χ1v) is 18.9. The first kappa shape index (κ1) is 32.9. The van der Waals surface area contributed by atoms with Crippen LogP contribution in [0.2, 0.25) is 0 Å². The van der Waals surface area contributed by atoms with Crippen LogP contribution in [-0.4, -0.2) is 99.1 Å². The number of H-pyrrole nitrogens is 1. The highest BCUT2D eigenvalue weighted by Gasteiger charge is 2.50. The van der Waals surface area contributed by atoms with Gasteiger partial charge in [0.1, 0.15) is 12.4 Å². The number of piperazine rings is 1. The van der Waals surface area contributed by atoms with Gasteiger partial charge in [-0.05, 0) is 61.7 Å². The van der Waals surface area contributed by atoms with Gasteiger partial charge in [0, 0.05) is 99.8 Å². The average Bonchev–Trinajstić information content (AvgIpc) is 3.73. The Kier molecular flexibility index (Phi) is 7.55. The van der Waals surface area contributed by atoms with Crippen LogP contribution in [0, 0.1) is 5.92 Å². The van der Waals surface area contributed by atoms with E-state index in [0.717, 1.165) is 104 Å². The number of hydrogen-bond acceptors (Lipinski definition) is 9. The van der Waals surface area contributed by atoms with Crippen LogP contribution in [0.4, 0.5) is 11.4 Å². The van der Waals surface area contributed by atoms with E-state index in [-0.39, 0.29) is 29.3 Å². The summed E-state index contributed by atoms with van der Waals surface area (Å²) in [5.41, 5.74) is 8.88. The van der Waals surface area contributed by atoms with E-state index >= 15 is 0 Å². The summed E-state index contributed by atoms with van der Waals surface area (Å²) in [6.07, 6.45) is 4.33. The fourth-order valence-corrected chi connectivity index (χ4v) is 8.93. The first-order chi connectivity index (χ1) is 26.2. The highest BCUT2D eigenvalue weighted by atomic mass is 16.2. The minimum absolute atomic E-state index is 0.0196. The van der Waals surface area contributed by atoms with Gasteiger partial charge < -0.3 is 20.1 Å². The molecule has 1 saturated carbocycles. The Hall–Kier alpha value is -5.76. The van der Waals surface area contributed by atoms with Crippen molar-refractivity contribution in [1.29, 1.82) is 0 Å². The number of aryl methyl sites for hydroxylation is 1. The van der Waals surface area contributed by atoms with Gasteiger partial charge in [-0.1, -0.05) is 12.1 Å². The molecule has 2 aromatic carbocycles. The Morgan fingerprint density at radius 3 is 2.35 bits per heavy atom. The number of benzene rings is 2. The molecule has 5 aliphatic rings. The number of nitrogens with one attached hydrogen (secondary N) is 3. The predicted molar refractivity (Wildman–Crippen MR) is 203 cm³/mol. The zero-order valence-electron chi connectivity index (χ0n) is 30.2. The molecule has 0 bridgehead atoms. The second kappa shape index (κ2) is 12.4. The normalized spacial score (nSPS) is 21.3. The quantitative estimate of drug-likeness (QED) is 0.215. The van der Waals surface area contributed by atoms with Gasteiger partial charge in [0.05, 0.1) is 33.7 Å². The Bertz CT molecular complexity index is 2390. The minimum Gasteiger partial charge on any atom is -0.371 e. The summed E-state index contributed by atoms with van der Waals surface area (Å²) < 4.78 is 3.13. The molecule has 54 heavy (non-hydrogen) atoms. The number of anilines is 2. The Morgan fingerprint density at radius 2 is 1.59 bits per heavy atom. The van der Waals surface area contributed by atoms with Crippen molar-refractivity contribution >= 4 is 40.1 Å². The van der Waals surface area contributed by atoms with Gasteiger partial charge in [0.25, 0.3) is 5.91 Å². The van der Waals surface area contributed by atoms with E-state index in [1.165, 1.54) is 10.3 Å². The first-order valence-electron chi connectivity index (χ1n) is 18.9. The van der Waals surface area contributed by atoms with Crippen LogP contribution in [0.5, 0.6) is 0 Å². The topological polar surface area (TPSA) is 153 Å². The fraction of sp³-hybridized carbons (Fsp3) is 0.400. The van der Waals surface area contributed by atoms with Crippen molar-refractivity contribution in [2.24, 2.45) is 13.0 Å². The van der Waals surface area contributed by atoms with Gasteiger partial charge in [0.15, 0.2) is 0 Å². The number of nitrogens with zero attached hydrogens (tertiary/aromatic N) is 7. The third-order valence-corrected chi connectivity index (χ3v) is 12.3. The number of carbonyl (C=O) groups is 3. The van der Waals surface area contributed by atoms with Crippen LogP contribution >= 0.6 is 0 Å². The van der Waals surface area contributed by atoms with Crippen LogP contribution in [0.3, 0.4) is 0 Å². The lowest BCUT2D eigenvalue weighted by atomic mass is 9.95. The van der Waals surface area contributed by atoms with E-state index in [0.29, 0.717) is 24.4 Å². The van der Waals surface area contributed by atoms with E-state index in [4.69, 9.17) is 0 Å². The van der Waals surface area contributed by atoms with Crippen molar-refractivity contribution in [1.82, 2.24) is 39.6 Å². The average molecular weight is 727 g/mol. The summed E-state index contributed by atoms with van der Waals surface area (Å²) in [6.45, 7) is 7.63. The Morgan fingerprint density at radius 1 is 0.833 bits per heavy atom. The van der Waals surface area contributed by atoms with E-state index in [1.54, 1.807) is 17.9 Å². The highest BCUT2D eigenvalue weighted by molar-refractivity contribution is 6.00. The zero-order valence-corrected chi connectivity index (χ0v) is 30.2. The number of rotatable bonds is 7. The number of aromatic amines is 1. The van der Waals surface area contributed by atoms with E-state index in [2.05, 4.69) is 64.6 Å². The number of fused-ring (bicyclic) bond motifs is 3. The van der Waals surface area contributed by atoms with E-state index in [9.17, 15) is 19.2 Å². The molecule has 4 aliphatic heterocycles. The zero-order chi connectivity index (χ0) is 36.7. The maximum atomic E-state index is 13.2. The predicted octanol–water partition coefficient (Wildman–Crippen LogP) is 2.80. The second-order valence-electron chi connectivity index (χ2n) is 15.7. The summed E-state index contributed by atoms with van der Waals surface area (Å²) in [6, 6.07) is 17.9. The maximum Gasteiger partial charge on any atom is 0.329 e. The highest BCUT2D eigenvalue weighted by Crippen LogP contribution is 2.50. The van der Waals surface area contributed by atoms with Gasteiger partial charge in [-0.2, -0.15) is 0 Å². The largest absolute Gasteiger partial charge is 0.371 e. The molecule has 3 amide bonds. The van der Waals surface area contributed by atoms with Gasteiger partial charge >= 0.3 is 5.69 Å². The lowest BCUT2D eigenvalue weighted by Gasteiger charge is -2.45. The number of carbonyl (C=O) groups excluding carboxylic acids is 3. The number of imidazole rings is 1. The van der Waals surface area contributed by atoms with Crippen molar-refractivity contribution in [3.8, 4) is 22.6 Å². The van der Waals surface area contributed by atoms with Gasteiger partial charge in [-0.25, -0.2) is 14.8 Å². The third-order valence-electron chi connectivity index (χ3n) is 12.3. The lowest BCUT2D eigenvalue weighted by Crippen LogP contribution is -2.55.